The molecule has 3 rings (SSSR count). The molecule has 1 aromatic carbocycles. The lowest BCUT2D eigenvalue weighted by Gasteiger charge is -2.28. The third-order valence-electron chi connectivity index (χ3n) is 4.43. The van der Waals surface area contributed by atoms with Gasteiger partial charge in [-0.1, -0.05) is 32.4 Å². The van der Waals surface area contributed by atoms with E-state index < -0.39 is 37.7 Å². The van der Waals surface area contributed by atoms with Crippen molar-refractivity contribution in [3.05, 3.63) is 56.8 Å². The first-order valence-electron chi connectivity index (χ1n) is 8.76. The summed E-state index contributed by atoms with van der Waals surface area (Å²) in [5.41, 5.74) is -0.146. The third kappa shape index (κ3) is 3.71. The van der Waals surface area contributed by atoms with Crippen LogP contribution in [0.2, 0.25) is 5.02 Å². The second-order valence-electron chi connectivity index (χ2n) is 6.68. The van der Waals surface area contributed by atoms with Gasteiger partial charge in [-0.25, -0.2) is 17.8 Å². The summed E-state index contributed by atoms with van der Waals surface area (Å²) >= 11 is 9.47. The number of carbonyl (C=O) groups excluding carboxylic acids is 1. The van der Waals surface area contributed by atoms with Gasteiger partial charge < -0.3 is 4.74 Å². The highest BCUT2D eigenvalue weighted by Gasteiger charge is 2.45. The molecule has 0 radical (unpaired) electrons. The smallest absolute Gasteiger partial charge is 0.313 e. The average Bonchev–Trinajstić information content (AvgIpc) is 2.66. The molecule has 0 fully saturated rings. The highest BCUT2D eigenvalue weighted by molar-refractivity contribution is 9.10. The fraction of sp³-hybridized carbons (Fsp3) is 0.316. The van der Waals surface area contributed by atoms with Gasteiger partial charge in [-0.2, -0.15) is 0 Å². The van der Waals surface area contributed by atoms with Crippen LogP contribution in [0.25, 0.3) is 10.7 Å². The summed E-state index contributed by atoms with van der Waals surface area (Å²) in [6.07, 6.45) is 2.87. The molecular formula is C19H17BrClFN2O4S. The van der Waals surface area contributed by atoms with Crippen LogP contribution in [0.1, 0.15) is 49.4 Å². The van der Waals surface area contributed by atoms with Gasteiger partial charge in [-0.3, -0.25) is 9.78 Å². The zero-order chi connectivity index (χ0) is 21.5. The van der Waals surface area contributed by atoms with E-state index in [2.05, 4.69) is 25.9 Å². The Kier molecular flexibility index (Phi) is 6.12. The number of nitrogens with zero attached hydrogens (tertiary/aromatic N) is 2. The van der Waals surface area contributed by atoms with Crippen LogP contribution in [0.15, 0.2) is 29.0 Å². The Bertz CT molecular complexity index is 1140. The summed E-state index contributed by atoms with van der Waals surface area (Å²) in [7, 11) is -4.21. The molecule has 0 saturated heterocycles. The molecule has 0 N–H and O–H groups in total. The first kappa shape index (κ1) is 21.9. The van der Waals surface area contributed by atoms with E-state index in [0.717, 1.165) is 6.07 Å². The van der Waals surface area contributed by atoms with Gasteiger partial charge in [0.15, 0.2) is 15.6 Å². The molecule has 1 aromatic heterocycles. The normalized spacial score (nSPS) is 18.0. The topological polar surface area (TPSA) is 86.2 Å². The molecule has 0 aliphatic carbocycles. The number of sulfone groups is 1. The van der Waals surface area contributed by atoms with E-state index >= 15 is 0 Å². The third-order valence-corrected chi connectivity index (χ3v) is 7.97. The maximum Gasteiger partial charge on any atom is 0.313 e. The predicted molar refractivity (Wildman–Crippen MR) is 111 cm³/mol. The molecule has 10 heteroatoms. The minimum Gasteiger partial charge on any atom is -0.423 e. The number of esters is 1. The summed E-state index contributed by atoms with van der Waals surface area (Å²) in [4.78, 5) is 20.2. The van der Waals surface area contributed by atoms with Gasteiger partial charge in [0.2, 0.25) is 0 Å². The molecule has 0 saturated carbocycles. The predicted octanol–water partition coefficient (Wildman–Crippen LogP) is 4.94. The van der Waals surface area contributed by atoms with Gasteiger partial charge in [-0.15, -0.1) is 0 Å². The van der Waals surface area contributed by atoms with Crippen molar-refractivity contribution in [3.63, 3.8) is 0 Å². The summed E-state index contributed by atoms with van der Waals surface area (Å²) in [5, 5.41) is -1.24. The van der Waals surface area contributed by atoms with Crippen molar-refractivity contribution in [3.8, 4) is 0 Å². The summed E-state index contributed by atoms with van der Waals surface area (Å²) in [6.45, 7) is 4.86. The number of rotatable bonds is 4. The Morgan fingerprint density at radius 2 is 1.97 bits per heavy atom. The lowest BCUT2D eigenvalue weighted by Crippen LogP contribution is -2.26. The fourth-order valence-corrected chi connectivity index (χ4v) is 5.71. The fourth-order valence-electron chi connectivity index (χ4n) is 3.00. The average molecular weight is 504 g/mol. The van der Waals surface area contributed by atoms with Crippen LogP contribution in [-0.4, -0.2) is 24.4 Å². The molecule has 29 heavy (non-hydrogen) atoms. The molecule has 0 spiro atoms. The first-order chi connectivity index (χ1) is 13.6. The number of ether oxygens (including phenoxy) is 1. The van der Waals surface area contributed by atoms with Gasteiger partial charge in [0.05, 0.1) is 22.2 Å². The van der Waals surface area contributed by atoms with E-state index in [1.54, 1.807) is 20.8 Å². The van der Waals surface area contributed by atoms with Crippen molar-refractivity contribution in [2.75, 3.05) is 0 Å². The quantitative estimate of drug-likeness (QED) is 0.434. The molecule has 6 nitrogen and oxygen atoms in total. The van der Waals surface area contributed by atoms with Gasteiger partial charge in [0.1, 0.15) is 21.7 Å². The van der Waals surface area contributed by atoms with Gasteiger partial charge >= 0.3 is 5.97 Å². The highest BCUT2D eigenvalue weighted by atomic mass is 79.9. The molecule has 0 amide bonds. The van der Waals surface area contributed by atoms with Gasteiger partial charge in [0, 0.05) is 16.9 Å². The van der Waals surface area contributed by atoms with Crippen molar-refractivity contribution < 1.29 is 22.3 Å². The summed E-state index contributed by atoms with van der Waals surface area (Å²) < 4.78 is 47.6. The molecule has 2 heterocycles. The van der Waals surface area contributed by atoms with Crippen molar-refractivity contribution in [2.45, 2.75) is 32.4 Å². The van der Waals surface area contributed by atoms with Crippen LogP contribution in [0.3, 0.4) is 0 Å². The lowest BCUT2D eigenvalue weighted by atomic mass is 10.1. The standard InChI is InChI=1S/C19H17BrClFN2O4S/c1-4-12-15-16(24-8-7-23-15)17(28-19(25)9(2)3)18(29(12,26)27)13-11(22)6-5-10(20)14(13)21/h5-9,12H,4H2,1-3H3. The number of hydrogen-bond acceptors (Lipinski definition) is 6. The summed E-state index contributed by atoms with van der Waals surface area (Å²) in [5.74, 6) is -2.48. The Morgan fingerprint density at radius 3 is 2.59 bits per heavy atom. The van der Waals surface area contributed by atoms with Crippen molar-refractivity contribution in [2.24, 2.45) is 5.92 Å². The molecule has 154 valence electrons. The van der Waals surface area contributed by atoms with E-state index in [-0.39, 0.29) is 34.2 Å². The van der Waals surface area contributed by atoms with E-state index in [0.29, 0.717) is 4.47 Å². The Labute approximate surface area is 181 Å². The number of fused-ring (bicyclic) bond motifs is 1. The van der Waals surface area contributed by atoms with Crippen molar-refractivity contribution >= 4 is 54.0 Å². The number of hydrogen-bond donors (Lipinski definition) is 0. The SMILES string of the molecule is CCC1c2nccnc2C(OC(=O)C(C)C)=C(c2c(F)ccc(Br)c2Cl)S1(=O)=O. The van der Waals surface area contributed by atoms with Crippen LogP contribution < -0.4 is 0 Å². The number of aromatic nitrogens is 2. The highest BCUT2D eigenvalue weighted by Crippen LogP contribution is 2.49. The molecule has 1 atom stereocenters. The van der Waals surface area contributed by atoms with E-state index in [1.165, 1.54) is 18.5 Å². The summed E-state index contributed by atoms with van der Waals surface area (Å²) in [6, 6.07) is 2.45. The van der Waals surface area contributed by atoms with Crippen molar-refractivity contribution in [1.29, 1.82) is 0 Å². The van der Waals surface area contributed by atoms with E-state index in [4.69, 9.17) is 16.3 Å². The lowest BCUT2D eigenvalue weighted by molar-refractivity contribution is -0.140. The van der Waals surface area contributed by atoms with Crippen LogP contribution in [0.4, 0.5) is 4.39 Å². The number of halogens is 3. The molecule has 0 bridgehead atoms. The largest absolute Gasteiger partial charge is 0.423 e. The zero-order valence-corrected chi connectivity index (χ0v) is 18.9. The molecule has 1 aliphatic rings. The Balaban J connectivity index is 2.48. The van der Waals surface area contributed by atoms with Crippen LogP contribution in [-0.2, 0) is 19.4 Å². The van der Waals surface area contributed by atoms with E-state index in [1.807, 2.05) is 0 Å². The molecule has 1 aliphatic heterocycles. The number of carbonyl (C=O) groups is 1. The van der Waals surface area contributed by atoms with Crippen LogP contribution in [0.5, 0.6) is 0 Å². The monoisotopic (exact) mass is 502 g/mol. The van der Waals surface area contributed by atoms with Crippen LogP contribution >= 0.6 is 27.5 Å². The minimum absolute atomic E-state index is 0.0774. The Hall–Kier alpha value is -1.84. The Morgan fingerprint density at radius 1 is 1.31 bits per heavy atom. The number of benzene rings is 1. The molecular weight excluding hydrogens is 487 g/mol. The maximum atomic E-state index is 14.9. The second kappa shape index (κ2) is 8.12. The first-order valence-corrected chi connectivity index (χ1v) is 11.5. The maximum absolute atomic E-state index is 14.9. The van der Waals surface area contributed by atoms with Crippen molar-refractivity contribution in [1.82, 2.24) is 9.97 Å². The van der Waals surface area contributed by atoms with Gasteiger partial charge in [0.25, 0.3) is 0 Å². The second-order valence-corrected chi connectivity index (χ2v) is 9.98. The van der Waals surface area contributed by atoms with E-state index in [9.17, 15) is 17.6 Å². The molecule has 2 aromatic rings. The minimum atomic E-state index is -4.21. The van der Waals surface area contributed by atoms with Gasteiger partial charge in [-0.05, 0) is 34.5 Å². The molecule has 1 unspecified atom stereocenters. The van der Waals surface area contributed by atoms with Crippen LogP contribution in [0, 0.1) is 11.7 Å². The zero-order valence-electron chi connectivity index (χ0n) is 15.7.